The smallest absolute Gasteiger partial charge is 0.369 e. The minimum Gasteiger partial charge on any atom is -0.369 e. The second-order valence-corrected chi connectivity index (χ2v) is 4.26. The van der Waals surface area contributed by atoms with Gasteiger partial charge in [0, 0.05) is 18.8 Å². The van der Waals surface area contributed by atoms with Gasteiger partial charge in [0.1, 0.15) is 0 Å². The van der Waals surface area contributed by atoms with Crippen molar-refractivity contribution in [3.05, 3.63) is 29.8 Å². The third kappa shape index (κ3) is 6.45. The van der Waals surface area contributed by atoms with E-state index in [9.17, 15) is 13.2 Å². The summed E-state index contributed by atoms with van der Waals surface area (Å²) in [6, 6.07) is 7.63. The summed E-state index contributed by atoms with van der Waals surface area (Å²) in [6.45, 7) is 2.87. The van der Waals surface area contributed by atoms with E-state index in [1.165, 1.54) is 0 Å². The molecule has 0 aliphatic carbocycles. The molecule has 0 unspecified atom stereocenters. The maximum Gasteiger partial charge on any atom is 0.522 e. The molecule has 0 spiro atoms. The zero-order valence-corrected chi connectivity index (χ0v) is 10.9. The zero-order chi connectivity index (χ0) is 14.3. The van der Waals surface area contributed by atoms with Gasteiger partial charge in [-0.2, -0.15) is 0 Å². The molecule has 0 saturated carbocycles. The normalized spacial score (nSPS) is 11.6. The van der Waals surface area contributed by atoms with E-state index in [2.05, 4.69) is 4.74 Å². The molecule has 0 heterocycles. The Bertz CT molecular complexity index is 365. The van der Waals surface area contributed by atoms with E-state index in [0.29, 0.717) is 13.1 Å². The molecule has 6 heteroatoms. The molecule has 0 radical (unpaired) electrons. The van der Waals surface area contributed by atoms with Crippen LogP contribution in [0.1, 0.15) is 12.0 Å². The SMILES string of the molecule is Cc1ccc(N(CCCN)CCOC(F)(F)F)cc1. The Morgan fingerprint density at radius 1 is 1.16 bits per heavy atom. The predicted molar refractivity (Wildman–Crippen MR) is 69.1 cm³/mol. The third-order valence-corrected chi connectivity index (χ3v) is 2.66. The Labute approximate surface area is 111 Å². The Morgan fingerprint density at radius 2 is 1.79 bits per heavy atom. The number of hydrogen-bond donors (Lipinski definition) is 1. The molecule has 3 nitrogen and oxygen atoms in total. The number of aryl methyl sites for hydroxylation is 1. The van der Waals surface area contributed by atoms with Crippen molar-refractivity contribution in [2.75, 3.05) is 31.1 Å². The van der Waals surface area contributed by atoms with Crippen molar-refractivity contribution in [1.29, 1.82) is 0 Å². The minimum atomic E-state index is -4.58. The van der Waals surface area contributed by atoms with Gasteiger partial charge in [-0.05, 0) is 32.0 Å². The van der Waals surface area contributed by atoms with Gasteiger partial charge in [-0.25, -0.2) is 0 Å². The van der Waals surface area contributed by atoms with Gasteiger partial charge in [0.25, 0.3) is 0 Å². The van der Waals surface area contributed by atoms with Crippen LogP contribution in [0.3, 0.4) is 0 Å². The fourth-order valence-electron chi connectivity index (χ4n) is 1.68. The van der Waals surface area contributed by atoms with E-state index in [1.54, 1.807) is 0 Å². The van der Waals surface area contributed by atoms with E-state index in [0.717, 1.165) is 17.7 Å². The second-order valence-electron chi connectivity index (χ2n) is 4.26. The summed E-state index contributed by atoms with van der Waals surface area (Å²) in [5.41, 5.74) is 7.42. The lowest BCUT2D eigenvalue weighted by Gasteiger charge is -2.25. The monoisotopic (exact) mass is 276 g/mol. The minimum absolute atomic E-state index is 0.183. The van der Waals surface area contributed by atoms with Crippen molar-refractivity contribution in [1.82, 2.24) is 0 Å². The number of hydrogen-bond acceptors (Lipinski definition) is 3. The molecule has 0 saturated heterocycles. The van der Waals surface area contributed by atoms with Crippen molar-refractivity contribution in [2.24, 2.45) is 5.73 Å². The quantitative estimate of drug-likeness (QED) is 0.832. The maximum atomic E-state index is 12.0. The number of nitrogens with zero attached hydrogens (tertiary/aromatic N) is 1. The molecular weight excluding hydrogens is 257 g/mol. The molecule has 19 heavy (non-hydrogen) atoms. The highest BCUT2D eigenvalue weighted by Gasteiger charge is 2.28. The molecule has 108 valence electrons. The highest BCUT2D eigenvalue weighted by Crippen LogP contribution is 2.18. The molecule has 0 fully saturated rings. The molecule has 1 aromatic carbocycles. The zero-order valence-electron chi connectivity index (χ0n) is 10.9. The van der Waals surface area contributed by atoms with Crippen molar-refractivity contribution < 1.29 is 17.9 Å². The molecular formula is C13H19F3N2O. The maximum absolute atomic E-state index is 12.0. The van der Waals surface area contributed by atoms with Gasteiger partial charge < -0.3 is 10.6 Å². The summed E-state index contributed by atoms with van der Waals surface area (Å²) in [6.07, 6.45) is -3.85. The van der Waals surface area contributed by atoms with Crippen LogP contribution in [0.15, 0.2) is 24.3 Å². The molecule has 0 aliphatic rings. The van der Waals surface area contributed by atoms with Crippen molar-refractivity contribution in [2.45, 2.75) is 19.7 Å². The van der Waals surface area contributed by atoms with Gasteiger partial charge >= 0.3 is 6.36 Å². The van der Waals surface area contributed by atoms with Crippen LogP contribution in [0.5, 0.6) is 0 Å². The standard InChI is InChI=1S/C13H19F3N2O/c1-11-3-5-12(6-4-11)18(8-2-7-17)9-10-19-13(14,15)16/h3-6H,2,7-10,17H2,1H3. The van der Waals surface area contributed by atoms with Crippen LogP contribution >= 0.6 is 0 Å². The van der Waals surface area contributed by atoms with Gasteiger partial charge in [0.05, 0.1) is 6.61 Å². The van der Waals surface area contributed by atoms with Crippen molar-refractivity contribution >= 4 is 5.69 Å². The van der Waals surface area contributed by atoms with Crippen LogP contribution in [0.2, 0.25) is 0 Å². The summed E-state index contributed by atoms with van der Waals surface area (Å²) < 4.78 is 39.7. The fraction of sp³-hybridized carbons (Fsp3) is 0.538. The lowest BCUT2D eigenvalue weighted by atomic mass is 10.2. The molecule has 1 aromatic rings. The predicted octanol–water partition coefficient (Wildman–Crippen LogP) is 2.69. The number of alkyl halides is 3. The summed E-state index contributed by atoms with van der Waals surface area (Å²) in [7, 11) is 0. The molecule has 0 atom stereocenters. The largest absolute Gasteiger partial charge is 0.522 e. The van der Waals surface area contributed by atoms with Crippen LogP contribution in [-0.2, 0) is 4.74 Å². The lowest BCUT2D eigenvalue weighted by Crippen LogP contribution is -2.31. The first-order valence-electron chi connectivity index (χ1n) is 6.15. The lowest BCUT2D eigenvalue weighted by molar-refractivity contribution is -0.323. The van der Waals surface area contributed by atoms with Crippen molar-refractivity contribution in [3.8, 4) is 0 Å². The molecule has 0 amide bonds. The third-order valence-electron chi connectivity index (χ3n) is 2.66. The number of anilines is 1. The number of benzene rings is 1. The highest BCUT2D eigenvalue weighted by atomic mass is 19.4. The van der Waals surface area contributed by atoms with Gasteiger partial charge in [0.15, 0.2) is 0 Å². The highest BCUT2D eigenvalue weighted by molar-refractivity contribution is 5.47. The molecule has 2 N–H and O–H groups in total. The number of ether oxygens (including phenoxy) is 1. The van der Waals surface area contributed by atoms with Crippen LogP contribution < -0.4 is 10.6 Å². The number of halogens is 3. The Morgan fingerprint density at radius 3 is 2.32 bits per heavy atom. The van der Waals surface area contributed by atoms with E-state index in [4.69, 9.17) is 5.73 Å². The average Bonchev–Trinajstić information content (AvgIpc) is 2.33. The van der Waals surface area contributed by atoms with Crippen LogP contribution in [-0.4, -0.2) is 32.6 Å². The van der Waals surface area contributed by atoms with Gasteiger partial charge in [-0.15, -0.1) is 13.2 Å². The second kappa shape index (κ2) is 7.35. The first-order valence-corrected chi connectivity index (χ1v) is 6.15. The van der Waals surface area contributed by atoms with Crippen LogP contribution in [0, 0.1) is 6.92 Å². The Hall–Kier alpha value is -1.27. The number of nitrogens with two attached hydrogens (primary N) is 1. The van der Waals surface area contributed by atoms with Gasteiger partial charge in [-0.3, -0.25) is 4.74 Å². The molecule has 1 rings (SSSR count). The molecule has 0 aromatic heterocycles. The Balaban J connectivity index is 2.58. The molecule has 0 bridgehead atoms. The fourth-order valence-corrected chi connectivity index (χ4v) is 1.68. The van der Waals surface area contributed by atoms with Gasteiger partial charge in [-0.1, -0.05) is 17.7 Å². The van der Waals surface area contributed by atoms with Crippen molar-refractivity contribution in [3.63, 3.8) is 0 Å². The summed E-state index contributed by atoms with van der Waals surface area (Å²) in [4.78, 5) is 1.85. The first-order chi connectivity index (χ1) is 8.92. The van der Waals surface area contributed by atoms with E-state index in [1.807, 2.05) is 36.1 Å². The first kappa shape index (κ1) is 15.8. The van der Waals surface area contributed by atoms with Gasteiger partial charge in [0.2, 0.25) is 0 Å². The average molecular weight is 276 g/mol. The molecule has 0 aliphatic heterocycles. The summed E-state index contributed by atoms with van der Waals surface area (Å²) in [5, 5.41) is 0. The van der Waals surface area contributed by atoms with E-state index in [-0.39, 0.29) is 13.2 Å². The summed E-state index contributed by atoms with van der Waals surface area (Å²) in [5.74, 6) is 0. The number of rotatable bonds is 7. The topological polar surface area (TPSA) is 38.5 Å². The van der Waals surface area contributed by atoms with Crippen LogP contribution in [0.4, 0.5) is 18.9 Å². The van der Waals surface area contributed by atoms with E-state index >= 15 is 0 Å². The van der Waals surface area contributed by atoms with Crippen LogP contribution in [0.25, 0.3) is 0 Å². The Kier molecular flexibility index (Phi) is 6.11. The summed E-state index contributed by atoms with van der Waals surface area (Å²) >= 11 is 0. The van der Waals surface area contributed by atoms with E-state index < -0.39 is 6.36 Å².